The third-order valence-corrected chi connectivity index (χ3v) is 4.83. The Morgan fingerprint density at radius 2 is 2.04 bits per heavy atom. The highest BCUT2D eigenvalue weighted by Gasteiger charge is 2.32. The number of amides is 1. The van der Waals surface area contributed by atoms with E-state index in [1.165, 1.54) is 17.8 Å². The van der Waals surface area contributed by atoms with E-state index in [0.29, 0.717) is 27.9 Å². The molecule has 26 heavy (non-hydrogen) atoms. The van der Waals surface area contributed by atoms with Crippen molar-refractivity contribution in [3.05, 3.63) is 54.1 Å². The number of carbonyl (C=O) groups is 2. The van der Waals surface area contributed by atoms with E-state index in [4.69, 9.17) is 0 Å². The standard InChI is InChI=1S/C17H14F3NO3S2/c1-3-9-25-14-8-7-11(10-22)15-12(14)5-4-6-13(15)16(23)21(2)24-26-17(18,19)20/h3-8,10H,1,9H2,2H3. The molecule has 0 aliphatic rings. The van der Waals surface area contributed by atoms with Crippen molar-refractivity contribution in [3.8, 4) is 0 Å². The maximum absolute atomic E-state index is 12.6. The number of alkyl halides is 3. The van der Waals surface area contributed by atoms with E-state index in [9.17, 15) is 22.8 Å². The molecular formula is C17H14F3NO3S2. The summed E-state index contributed by atoms with van der Waals surface area (Å²) in [7, 11) is 1.08. The lowest BCUT2D eigenvalue weighted by atomic mass is 9.99. The molecule has 0 N–H and O–H groups in total. The van der Waals surface area contributed by atoms with E-state index >= 15 is 0 Å². The highest BCUT2D eigenvalue weighted by Crippen LogP contribution is 2.34. The molecular weight excluding hydrogens is 387 g/mol. The van der Waals surface area contributed by atoms with Gasteiger partial charge in [0.05, 0.1) is 5.56 Å². The van der Waals surface area contributed by atoms with E-state index < -0.39 is 23.5 Å². The molecule has 0 saturated carbocycles. The first-order valence-electron chi connectivity index (χ1n) is 7.23. The Morgan fingerprint density at radius 3 is 2.65 bits per heavy atom. The SMILES string of the molecule is C=CCSc1ccc(C=O)c2c(C(=O)N(C)OSC(F)(F)F)cccc12. The first-order valence-corrected chi connectivity index (χ1v) is 8.96. The Balaban J connectivity index is 2.48. The van der Waals surface area contributed by atoms with Crippen molar-refractivity contribution in [1.29, 1.82) is 0 Å². The number of thioether (sulfide) groups is 1. The van der Waals surface area contributed by atoms with Gasteiger partial charge in [-0.1, -0.05) is 18.2 Å². The van der Waals surface area contributed by atoms with Crippen LogP contribution in [-0.2, 0) is 4.28 Å². The molecule has 0 saturated heterocycles. The summed E-state index contributed by atoms with van der Waals surface area (Å²) >= 11 is 0.683. The van der Waals surface area contributed by atoms with E-state index in [1.54, 1.807) is 30.3 Å². The summed E-state index contributed by atoms with van der Waals surface area (Å²) in [5, 5.41) is 1.52. The molecule has 138 valence electrons. The summed E-state index contributed by atoms with van der Waals surface area (Å²) in [4.78, 5) is 24.8. The first-order chi connectivity index (χ1) is 12.3. The summed E-state index contributed by atoms with van der Waals surface area (Å²) in [6, 6.07) is 8.12. The Bertz CT molecular complexity index is 840. The number of aldehydes is 1. The largest absolute Gasteiger partial charge is 0.470 e. The van der Waals surface area contributed by atoms with Gasteiger partial charge < -0.3 is 0 Å². The molecule has 2 aromatic carbocycles. The number of fused-ring (bicyclic) bond motifs is 1. The lowest BCUT2D eigenvalue weighted by Crippen LogP contribution is -2.26. The molecule has 0 atom stereocenters. The van der Waals surface area contributed by atoms with Gasteiger partial charge in [0.2, 0.25) is 0 Å². The highest BCUT2D eigenvalue weighted by molar-refractivity contribution is 7.99. The number of rotatable bonds is 7. The van der Waals surface area contributed by atoms with Crippen molar-refractivity contribution in [3.63, 3.8) is 0 Å². The average Bonchev–Trinajstić information content (AvgIpc) is 2.62. The Morgan fingerprint density at radius 1 is 1.31 bits per heavy atom. The zero-order valence-corrected chi connectivity index (χ0v) is 15.2. The summed E-state index contributed by atoms with van der Waals surface area (Å²) in [6.45, 7) is 3.65. The monoisotopic (exact) mass is 401 g/mol. The molecule has 0 unspecified atom stereocenters. The van der Waals surface area contributed by atoms with Crippen LogP contribution in [0.4, 0.5) is 13.2 Å². The molecule has 0 heterocycles. The Labute approximate surface area is 156 Å². The minimum Gasteiger partial charge on any atom is -0.298 e. The maximum Gasteiger partial charge on any atom is 0.470 e. The van der Waals surface area contributed by atoms with Crippen LogP contribution in [0.15, 0.2) is 47.9 Å². The Kier molecular flexibility index (Phi) is 6.74. The van der Waals surface area contributed by atoms with Crippen LogP contribution in [0.25, 0.3) is 10.8 Å². The van der Waals surface area contributed by atoms with E-state index in [0.717, 1.165) is 11.9 Å². The normalized spacial score (nSPS) is 11.4. The second kappa shape index (κ2) is 8.61. The number of nitrogens with zero attached hydrogens (tertiary/aromatic N) is 1. The fourth-order valence-electron chi connectivity index (χ4n) is 2.26. The molecule has 9 heteroatoms. The second-order valence-electron chi connectivity index (χ2n) is 5.00. The van der Waals surface area contributed by atoms with E-state index in [-0.39, 0.29) is 11.1 Å². The number of halogens is 3. The van der Waals surface area contributed by atoms with Crippen molar-refractivity contribution in [1.82, 2.24) is 5.06 Å². The smallest absolute Gasteiger partial charge is 0.298 e. The van der Waals surface area contributed by atoms with Gasteiger partial charge in [-0.3, -0.25) is 9.59 Å². The minimum absolute atomic E-state index is 0.0796. The van der Waals surface area contributed by atoms with E-state index in [1.807, 2.05) is 0 Å². The molecule has 1 amide bonds. The summed E-state index contributed by atoms with van der Waals surface area (Å²) in [5.41, 5.74) is -4.30. The molecule has 2 aromatic rings. The van der Waals surface area contributed by atoms with Gasteiger partial charge in [0.1, 0.15) is 12.0 Å². The van der Waals surface area contributed by atoms with Gasteiger partial charge in [0, 0.05) is 28.6 Å². The van der Waals surface area contributed by atoms with Gasteiger partial charge in [0.15, 0.2) is 6.29 Å². The topological polar surface area (TPSA) is 46.6 Å². The maximum atomic E-state index is 12.6. The highest BCUT2D eigenvalue weighted by atomic mass is 32.2. The number of hydroxylamine groups is 2. The molecule has 0 spiro atoms. The number of carbonyl (C=O) groups excluding carboxylic acids is 2. The number of hydrogen-bond donors (Lipinski definition) is 0. The zero-order valence-electron chi connectivity index (χ0n) is 13.6. The van der Waals surface area contributed by atoms with Crippen LogP contribution in [0.2, 0.25) is 0 Å². The van der Waals surface area contributed by atoms with Gasteiger partial charge in [-0.2, -0.15) is 17.5 Å². The third kappa shape index (κ3) is 4.80. The second-order valence-corrected chi connectivity index (χ2v) is 6.85. The molecule has 0 aromatic heterocycles. The average molecular weight is 401 g/mol. The fourth-order valence-corrected chi connectivity index (χ4v) is 3.31. The van der Waals surface area contributed by atoms with E-state index in [2.05, 4.69) is 10.9 Å². The summed E-state index contributed by atoms with van der Waals surface area (Å²) in [5.74, 6) is -0.166. The summed E-state index contributed by atoms with van der Waals surface area (Å²) < 4.78 is 41.2. The van der Waals surface area contributed by atoms with Crippen LogP contribution in [0, 0.1) is 0 Å². The van der Waals surface area contributed by atoms with Crippen molar-refractivity contribution < 1.29 is 27.0 Å². The summed E-state index contributed by atoms with van der Waals surface area (Å²) in [6.07, 6.45) is 2.32. The van der Waals surface area contributed by atoms with Crippen LogP contribution in [0.5, 0.6) is 0 Å². The molecule has 4 nitrogen and oxygen atoms in total. The molecule has 0 radical (unpaired) electrons. The van der Waals surface area contributed by atoms with Gasteiger partial charge in [-0.15, -0.1) is 18.3 Å². The zero-order chi connectivity index (χ0) is 19.3. The van der Waals surface area contributed by atoms with Crippen LogP contribution >= 0.6 is 23.8 Å². The van der Waals surface area contributed by atoms with Crippen LogP contribution in [-0.4, -0.2) is 35.6 Å². The fraction of sp³-hybridized carbons (Fsp3) is 0.176. The van der Waals surface area contributed by atoms with Crippen LogP contribution < -0.4 is 0 Å². The quantitative estimate of drug-likeness (QED) is 0.212. The predicted octanol–water partition coefficient (Wildman–Crippen LogP) is 5.10. The van der Waals surface area contributed by atoms with Crippen LogP contribution in [0.3, 0.4) is 0 Å². The first kappa shape index (κ1) is 20.3. The third-order valence-electron chi connectivity index (χ3n) is 3.28. The number of hydrogen-bond acceptors (Lipinski definition) is 5. The lowest BCUT2D eigenvalue weighted by Gasteiger charge is -2.18. The Hall–Kier alpha value is -1.97. The molecule has 0 fully saturated rings. The van der Waals surface area contributed by atoms with Gasteiger partial charge in [0.25, 0.3) is 5.91 Å². The molecule has 0 aliphatic carbocycles. The van der Waals surface area contributed by atoms with Gasteiger partial charge >= 0.3 is 5.51 Å². The number of benzene rings is 2. The lowest BCUT2D eigenvalue weighted by molar-refractivity contribution is -0.0586. The van der Waals surface area contributed by atoms with Crippen molar-refractivity contribution in [2.24, 2.45) is 0 Å². The van der Waals surface area contributed by atoms with Gasteiger partial charge in [-0.05, 0) is 23.6 Å². The van der Waals surface area contributed by atoms with Gasteiger partial charge in [-0.25, -0.2) is 5.06 Å². The molecule has 0 aliphatic heterocycles. The van der Waals surface area contributed by atoms with Crippen molar-refractivity contribution >= 4 is 46.8 Å². The van der Waals surface area contributed by atoms with Crippen molar-refractivity contribution in [2.75, 3.05) is 12.8 Å². The molecule has 2 rings (SSSR count). The van der Waals surface area contributed by atoms with Crippen LogP contribution in [0.1, 0.15) is 20.7 Å². The predicted molar refractivity (Wildman–Crippen MR) is 97.1 cm³/mol. The minimum atomic E-state index is -4.64. The van der Waals surface area contributed by atoms with Crippen molar-refractivity contribution in [2.45, 2.75) is 10.4 Å². The molecule has 0 bridgehead atoms.